The zero-order valence-corrected chi connectivity index (χ0v) is 13.6. The SMILES string of the molecule is CCCC(OC)c1noc(C(CC(C)C)C(=O)OCC)n1. The fraction of sp³-hybridized carbons (Fsp3) is 0.800. The van der Waals surface area contributed by atoms with Crippen LogP contribution in [0.2, 0.25) is 0 Å². The van der Waals surface area contributed by atoms with E-state index in [1.165, 1.54) is 0 Å². The second kappa shape index (κ2) is 8.77. The first-order valence-corrected chi connectivity index (χ1v) is 7.56. The van der Waals surface area contributed by atoms with Gasteiger partial charge < -0.3 is 14.0 Å². The number of rotatable bonds is 9. The Bertz CT molecular complexity index is 431. The molecule has 120 valence electrons. The van der Waals surface area contributed by atoms with Crippen LogP contribution in [0.3, 0.4) is 0 Å². The first kappa shape index (κ1) is 17.6. The molecule has 6 heteroatoms. The Hall–Kier alpha value is -1.43. The van der Waals surface area contributed by atoms with Crippen molar-refractivity contribution in [2.45, 2.75) is 59.0 Å². The smallest absolute Gasteiger partial charge is 0.318 e. The van der Waals surface area contributed by atoms with E-state index in [1.54, 1.807) is 14.0 Å². The quantitative estimate of drug-likeness (QED) is 0.651. The first-order valence-electron chi connectivity index (χ1n) is 7.56. The summed E-state index contributed by atoms with van der Waals surface area (Å²) < 4.78 is 15.7. The van der Waals surface area contributed by atoms with Crippen LogP contribution in [0, 0.1) is 5.92 Å². The molecule has 0 fully saturated rings. The van der Waals surface area contributed by atoms with Crippen molar-refractivity contribution in [1.82, 2.24) is 10.1 Å². The molecule has 2 unspecified atom stereocenters. The van der Waals surface area contributed by atoms with E-state index < -0.39 is 5.92 Å². The lowest BCUT2D eigenvalue weighted by Gasteiger charge is -2.13. The lowest BCUT2D eigenvalue weighted by molar-refractivity contribution is -0.146. The molecule has 0 saturated carbocycles. The minimum atomic E-state index is -0.509. The van der Waals surface area contributed by atoms with Gasteiger partial charge in [-0.25, -0.2) is 0 Å². The Balaban J connectivity index is 2.92. The van der Waals surface area contributed by atoms with Gasteiger partial charge in [0.15, 0.2) is 0 Å². The van der Waals surface area contributed by atoms with Gasteiger partial charge in [-0.3, -0.25) is 4.79 Å². The van der Waals surface area contributed by atoms with Crippen molar-refractivity contribution >= 4 is 5.97 Å². The maximum Gasteiger partial charge on any atom is 0.318 e. The topological polar surface area (TPSA) is 74.5 Å². The third kappa shape index (κ3) is 5.12. The molecule has 0 aromatic carbocycles. The van der Waals surface area contributed by atoms with Crippen molar-refractivity contribution in [1.29, 1.82) is 0 Å². The van der Waals surface area contributed by atoms with Crippen LogP contribution in [-0.4, -0.2) is 29.8 Å². The summed E-state index contributed by atoms with van der Waals surface area (Å²) in [5, 5.41) is 3.96. The first-order chi connectivity index (χ1) is 10.0. The van der Waals surface area contributed by atoms with Crippen molar-refractivity contribution in [3.63, 3.8) is 0 Å². The number of aromatic nitrogens is 2. The number of hydrogen-bond acceptors (Lipinski definition) is 6. The van der Waals surface area contributed by atoms with Gasteiger partial charge in [-0.1, -0.05) is 32.3 Å². The van der Waals surface area contributed by atoms with E-state index in [9.17, 15) is 4.79 Å². The molecule has 2 atom stereocenters. The summed E-state index contributed by atoms with van der Waals surface area (Å²) in [4.78, 5) is 16.4. The largest absolute Gasteiger partial charge is 0.465 e. The lowest BCUT2D eigenvalue weighted by Crippen LogP contribution is -2.18. The minimum absolute atomic E-state index is 0.200. The third-order valence-corrected chi connectivity index (χ3v) is 3.16. The standard InChI is InChI=1S/C15H26N2O4/c1-6-8-12(19-5)13-16-14(21-17-13)11(9-10(3)4)15(18)20-7-2/h10-12H,6-9H2,1-5H3. The maximum absolute atomic E-state index is 12.1. The monoisotopic (exact) mass is 298 g/mol. The highest BCUT2D eigenvalue weighted by atomic mass is 16.5. The van der Waals surface area contributed by atoms with E-state index >= 15 is 0 Å². The van der Waals surface area contributed by atoms with Crippen LogP contribution in [0.25, 0.3) is 0 Å². The molecule has 0 radical (unpaired) electrons. The average molecular weight is 298 g/mol. The van der Waals surface area contributed by atoms with E-state index in [-0.39, 0.29) is 12.1 Å². The predicted molar refractivity (Wildman–Crippen MR) is 77.8 cm³/mol. The van der Waals surface area contributed by atoms with Gasteiger partial charge in [0.25, 0.3) is 0 Å². The van der Waals surface area contributed by atoms with E-state index in [2.05, 4.69) is 17.1 Å². The molecule has 0 amide bonds. The summed E-state index contributed by atoms with van der Waals surface area (Å²) in [6.45, 7) is 8.26. The summed E-state index contributed by atoms with van der Waals surface area (Å²) >= 11 is 0. The third-order valence-electron chi connectivity index (χ3n) is 3.16. The van der Waals surface area contributed by atoms with Crippen molar-refractivity contribution in [3.8, 4) is 0 Å². The highest BCUT2D eigenvalue weighted by Crippen LogP contribution is 2.26. The molecule has 1 aromatic rings. The number of carbonyl (C=O) groups excluding carboxylic acids is 1. The number of nitrogens with zero attached hydrogens (tertiary/aromatic N) is 2. The zero-order valence-electron chi connectivity index (χ0n) is 13.6. The van der Waals surface area contributed by atoms with Crippen molar-refractivity contribution in [2.75, 3.05) is 13.7 Å². The van der Waals surface area contributed by atoms with Crippen LogP contribution in [-0.2, 0) is 14.3 Å². The molecule has 0 spiro atoms. The van der Waals surface area contributed by atoms with Crippen LogP contribution in [0.1, 0.15) is 70.7 Å². The second-order valence-electron chi connectivity index (χ2n) is 5.44. The molecule has 1 aromatic heterocycles. The molecule has 0 bridgehead atoms. The molecule has 1 rings (SSSR count). The van der Waals surface area contributed by atoms with Gasteiger partial charge in [0, 0.05) is 7.11 Å². The fourth-order valence-electron chi connectivity index (χ4n) is 2.15. The Morgan fingerprint density at radius 3 is 2.57 bits per heavy atom. The van der Waals surface area contributed by atoms with Gasteiger partial charge in [0.1, 0.15) is 12.0 Å². The van der Waals surface area contributed by atoms with Crippen molar-refractivity contribution < 1.29 is 18.8 Å². The fourth-order valence-corrected chi connectivity index (χ4v) is 2.15. The van der Waals surface area contributed by atoms with E-state index in [0.29, 0.717) is 30.7 Å². The normalized spacial score (nSPS) is 14.2. The van der Waals surface area contributed by atoms with Crippen molar-refractivity contribution in [3.05, 3.63) is 11.7 Å². The van der Waals surface area contributed by atoms with Crippen molar-refractivity contribution in [2.24, 2.45) is 5.92 Å². The number of esters is 1. The lowest BCUT2D eigenvalue weighted by atomic mass is 9.97. The molecule has 21 heavy (non-hydrogen) atoms. The van der Waals surface area contributed by atoms with Gasteiger partial charge in [-0.2, -0.15) is 4.98 Å². The van der Waals surface area contributed by atoms with Gasteiger partial charge in [0.05, 0.1) is 6.61 Å². The summed E-state index contributed by atoms with van der Waals surface area (Å²) in [7, 11) is 1.62. The Morgan fingerprint density at radius 1 is 1.33 bits per heavy atom. The van der Waals surface area contributed by atoms with Crippen LogP contribution in [0.15, 0.2) is 4.52 Å². The predicted octanol–water partition coefficient (Wildman–Crippen LogP) is 3.25. The highest BCUT2D eigenvalue weighted by Gasteiger charge is 2.30. The molecular weight excluding hydrogens is 272 g/mol. The summed E-state index contributed by atoms with van der Waals surface area (Å²) in [5.41, 5.74) is 0. The number of ether oxygens (including phenoxy) is 2. The molecule has 0 aliphatic rings. The van der Waals surface area contributed by atoms with Gasteiger partial charge in [-0.05, 0) is 25.7 Å². The molecular formula is C15H26N2O4. The van der Waals surface area contributed by atoms with E-state index in [0.717, 1.165) is 12.8 Å². The summed E-state index contributed by atoms with van der Waals surface area (Å²) in [5.74, 6) is 0.308. The molecule has 0 N–H and O–H groups in total. The Kier molecular flexibility index (Phi) is 7.36. The van der Waals surface area contributed by atoms with Crippen LogP contribution in [0.5, 0.6) is 0 Å². The summed E-state index contributed by atoms with van der Waals surface area (Å²) in [6, 6.07) is 0. The van der Waals surface area contributed by atoms with Gasteiger partial charge in [-0.15, -0.1) is 0 Å². The van der Waals surface area contributed by atoms with Crippen LogP contribution < -0.4 is 0 Å². The average Bonchev–Trinajstić information content (AvgIpc) is 2.91. The minimum Gasteiger partial charge on any atom is -0.465 e. The molecule has 1 heterocycles. The zero-order chi connectivity index (χ0) is 15.8. The number of carbonyl (C=O) groups is 1. The Labute approximate surface area is 126 Å². The maximum atomic E-state index is 12.1. The van der Waals surface area contributed by atoms with E-state index in [4.69, 9.17) is 14.0 Å². The van der Waals surface area contributed by atoms with Gasteiger partial charge >= 0.3 is 5.97 Å². The molecule has 0 saturated heterocycles. The van der Waals surface area contributed by atoms with Crippen LogP contribution >= 0.6 is 0 Å². The van der Waals surface area contributed by atoms with E-state index in [1.807, 2.05) is 13.8 Å². The molecule has 6 nitrogen and oxygen atoms in total. The number of hydrogen-bond donors (Lipinski definition) is 0. The highest BCUT2D eigenvalue weighted by molar-refractivity contribution is 5.76. The molecule has 0 aliphatic heterocycles. The molecule has 0 aliphatic carbocycles. The summed E-state index contributed by atoms with van der Waals surface area (Å²) in [6.07, 6.45) is 2.18. The number of methoxy groups -OCH3 is 1. The Morgan fingerprint density at radius 2 is 2.05 bits per heavy atom. The second-order valence-corrected chi connectivity index (χ2v) is 5.44. The van der Waals surface area contributed by atoms with Crippen LogP contribution in [0.4, 0.5) is 0 Å². The van der Waals surface area contributed by atoms with Gasteiger partial charge in [0.2, 0.25) is 11.7 Å².